The van der Waals surface area contributed by atoms with Gasteiger partial charge in [0.2, 0.25) is 0 Å². The number of rotatable bonds is 4. The maximum Gasteiger partial charge on any atom is 0.338 e. The van der Waals surface area contributed by atoms with Gasteiger partial charge in [0, 0.05) is 5.02 Å². The van der Waals surface area contributed by atoms with Crippen molar-refractivity contribution in [2.24, 2.45) is 0 Å². The number of thiocarbonyl (C=S) groups is 1. The van der Waals surface area contributed by atoms with Gasteiger partial charge in [0.25, 0.3) is 5.91 Å². The number of ether oxygens (including phenoxy) is 1. The highest BCUT2D eigenvalue weighted by Gasteiger charge is 2.33. The zero-order valence-corrected chi connectivity index (χ0v) is 16.2. The van der Waals surface area contributed by atoms with Gasteiger partial charge >= 0.3 is 5.97 Å². The normalized spacial score (nSPS) is 15.6. The van der Waals surface area contributed by atoms with Crippen LogP contribution in [-0.4, -0.2) is 22.8 Å². The van der Waals surface area contributed by atoms with E-state index >= 15 is 0 Å². The summed E-state index contributed by atoms with van der Waals surface area (Å²) in [4.78, 5) is 26.5. The fraction of sp³-hybridized carbons (Fsp3) is 0.105. The fourth-order valence-electron chi connectivity index (χ4n) is 2.36. The summed E-state index contributed by atoms with van der Waals surface area (Å²) >= 11 is 12.5. The number of benzene rings is 2. The molecule has 0 saturated carbocycles. The summed E-state index contributed by atoms with van der Waals surface area (Å²) in [7, 11) is 0. The van der Waals surface area contributed by atoms with Crippen molar-refractivity contribution in [3.63, 3.8) is 0 Å². The minimum atomic E-state index is -0.396. The molecule has 1 aliphatic rings. The summed E-state index contributed by atoms with van der Waals surface area (Å²) in [6, 6.07) is 13.8. The second-order valence-electron chi connectivity index (χ2n) is 5.34. The number of hydrogen-bond donors (Lipinski definition) is 0. The van der Waals surface area contributed by atoms with Crippen molar-refractivity contribution in [1.82, 2.24) is 0 Å². The Morgan fingerprint density at radius 3 is 2.46 bits per heavy atom. The molecular weight excluding hydrogens is 390 g/mol. The lowest BCUT2D eigenvalue weighted by Gasteiger charge is -2.14. The first-order valence-electron chi connectivity index (χ1n) is 7.80. The number of thioether (sulfide) groups is 1. The Balaban J connectivity index is 1.83. The Labute approximate surface area is 165 Å². The van der Waals surface area contributed by atoms with Gasteiger partial charge in [-0.3, -0.25) is 9.69 Å². The van der Waals surface area contributed by atoms with Crippen LogP contribution in [-0.2, 0) is 9.53 Å². The first-order chi connectivity index (χ1) is 12.5. The highest BCUT2D eigenvalue weighted by atomic mass is 35.5. The van der Waals surface area contributed by atoms with E-state index in [0.29, 0.717) is 32.1 Å². The van der Waals surface area contributed by atoms with Crippen LogP contribution in [0.1, 0.15) is 22.8 Å². The molecule has 2 aromatic carbocycles. The van der Waals surface area contributed by atoms with Crippen LogP contribution in [0.4, 0.5) is 5.69 Å². The SMILES string of the molecule is CCOC(=O)c1ccc(N2C(=O)/C(=C/c3ccc(Cl)cc3)SC2=S)cc1. The molecule has 0 atom stereocenters. The number of amides is 1. The molecule has 1 aliphatic heterocycles. The molecule has 1 saturated heterocycles. The summed E-state index contributed by atoms with van der Waals surface area (Å²) in [6.07, 6.45) is 1.78. The Morgan fingerprint density at radius 1 is 1.19 bits per heavy atom. The van der Waals surface area contributed by atoms with E-state index in [9.17, 15) is 9.59 Å². The monoisotopic (exact) mass is 403 g/mol. The van der Waals surface area contributed by atoms with Crippen molar-refractivity contribution >= 4 is 63.5 Å². The van der Waals surface area contributed by atoms with E-state index in [2.05, 4.69) is 0 Å². The highest BCUT2D eigenvalue weighted by molar-refractivity contribution is 8.27. The topological polar surface area (TPSA) is 46.6 Å². The summed E-state index contributed by atoms with van der Waals surface area (Å²) in [5.41, 5.74) is 1.91. The van der Waals surface area contributed by atoms with Gasteiger partial charge in [0.1, 0.15) is 0 Å². The average molecular weight is 404 g/mol. The average Bonchev–Trinajstić information content (AvgIpc) is 2.91. The van der Waals surface area contributed by atoms with Crippen molar-refractivity contribution in [2.75, 3.05) is 11.5 Å². The Morgan fingerprint density at radius 2 is 1.85 bits per heavy atom. The Bertz CT molecular complexity index is 892. The Hall–Kier alpha value is -2.15. The van der Waals surface area contributed by atoms with Crippen molar-refractivity contribution in [1.29, 1.82) is 0 Å². The van der Waals surface area contributed by atoms with Crippen LogP contribution in [0.2, 0.25) is 5.02 Å². The lowest BCUT2D eigenvalue weighted by molar-refractivity contribution is -0.113. The third-order valence-corrected chi connectivity index (χ3v) is 5.15. The lowest BCUT2D eigenvalue weighted by atomic mass is 10.2. The first kappa shape index (κ1) is 18.6. The number of esters is 1. The highest BCUT2D eigenvalue weighted by Crippen LogP contribution is 2.36. The van der Waals surface area contributed by atoms with Gasteiger partial charge in [-0.25, -0.2) is 4.79 Å². The van der Waals surface area contributed by atoms with Gasteiger partial charge in [-0.05, 0) is 55.0 Å². The van der Waals surface area contributed by atoms with E-state index in [1.54, 1.807) is 49.4 Å². The number of carbonyl (C=O) groups is 2. The first-order valence-corrected chi connectivity index (χ1v) is 9.40. The molecule has 2 aromatic rings. The minimum Gasteiger partial charge on any atom is -0.462 e. The molecule has 0 radical (unpaired) electrons. The van der Waals surface area contributed by atoms with Crippen LogP contribution in [0.15, 0.2) is 53.4 Å². The van der Waals surface area contributed by atoms with Crippen molar-refractivity contribution < 1.29 is 14.3 Å². The second-order valence-corrected chi connectivity index (χ2v) is 7.45. The van der Waals surface area contributed by atoms with Crippen LogP contribution in [0.25, 0.3) is 6.08 Å². The van der Waals surface area contributed by atoms with E-state index in [1.807, 2.05) is 12.1 Å². The molecular formula is C19H14ClNO3S2. The van der Waals surface area contributed by atoms with Crippen LogP contribution in [0, 0.1) is 0 Å². The number of halogens is 1. The Kier molecular flexibility index (Phi) is 5.76. The van der Waals surface area contributed by atoms with E-state index < -0.39 is 5.97 Å². The van der Waals surface area contributed by atoms with Crippen LogP contribution < -0.4 is 4.90 Å². The van der Waals surface area contributed by atoms with Gasteiger partial charge in [-0.15, -0.1) is 0 Å². The molecule has 0 aromatic heterocycles. The largest absolute Gasteiger partial charge is 0.462 e. The molecule has 132 valence electrons. The number of carbonyl (C=O) groups excluding carboxylic acids is 2. The molecule has 0 spiro atoms. The van der Waals surface area contributed by atoms with Gasteiger partial charge < -0.3 is 4.74 Å². The predicted molar refractivity (Wildman–Crippen MR) is 110 cm³/mol. The van der Waals surface area contributed by atoms with Crippen LogP contribution in [0.3, 0.4) is 0 Å². The molecule has 7 heteroatoms. The van der Waals surface area contributed by atoms with Crippen molar-refractivity contribution in [3.05, 3.63) is 69.6 Å². The maximum absolute atomic E-state index is 12.7. The predicted octanol–water partition coefficient (Wildman–Crippen LogP) is 4.92. The standard InChI is InChI=1S/C19H14ClNO3S2/c1-2-24-18(23)13-5-9-15(10-6-13)21-17(22)16(26-19(21)25)11-12-3-7-14(20)8-4-12/h3-11H,2H2,1H3/b16-11-. The zero-order valence-electron chi connectivity index (χ0n) is 13.8. The van der Waals surface area contributed by atoms with Crippen LogP contribution >= 0.6 is 35.6 Å². The summed E-state index contributed by atoms with van der Waals surface area (Å²) < 4.78 is 5.40. The molecule has 3 rings (SSSR count). The minimum absolute atomic E-state index is 0.196. The molecule has 1 heterocycles. The van der Waals surface area contributed by atoms with E-state index in [0.717, 1.165) is 5.56 Å². The number of anilines is 1. The third kappa shape index (κ3) is 3.98. The van der Waals surface area contributed by atoms with Gasteiger partial charge in [-0.2, -0.15) is 0 Å². The fourth-order valence-corrected chi connectivity index (χ4v) is 3.79. The van der Waals surface area contributed by atoms with Crippen LogP contribution in [0.5, 0.6) is 0 Å². The molecule has 0 unspecified atom stereocenters. The van der Waals surface area contributed by atoms with E-state index in [4.69, 9.17) is 28.6 Å². The lowest BCUT2D eigenvalue weighted by Crippen LogP contribution is -2.27. The molecule has 0 N–H and O–H groups in total. The molecule has 1 amide bonds. The number of hydrogen-bond acceptors (Lipinski definition) is 5. The summed E-state index contributed by atoms with van der Waals surface area (Å²) in [5, 5.41) is 0.636. The quantitative estimate of drug-likeness (QED) is 0.412. The number of nitrogens with zero attached hydrogens (tertiary/aromatic N) is 1. The zero-order chi connectivity index (χ0) is 18.7. The third-order valence-electron chi connectivity index (χ3n) is 3.60. The maximum atomic E-state index is 12.7. The van der Waals surface area contributed by atoms with Gasteiger partial charge in [0.15, 0.2) is 4.32 Å². The van der Waals surface area contributed by atoms with Gasteiger partial charge in [0.05, 0.1) is 22.8 Å². The molecule has 26 heavy (non-hydrogen) atoms. The molecule has 1 fully saturated rings. The van der Waals surface area contributed by atoms with E-state index in [1.165, 1.54) is 16.7 Å². The second kappa shape index (κ2) is 8.03. The van der Waals surface area contributed by atoms with E-state index in [-0.39, 0.29) is 5.91 Å². The van der Waals surface area contributed by atoms with Crippen molar-refractivity contribution in [3.8, 4) is 0 Å². The molecule has 0 bridgehead atoms. The summed E-state index contributed by atoms with van der Waals surface area (Å²) in [5.74, 6) is -0.592. The van der Waals surface area contributed by atoms with Gasteiger partial charge in [-0.1, -0.05) is 47.7 Å². The smallest absolute Gasteiger partial charge is 0.338 e. The molecule has 0 aliphatic carbocycles. The molecule has 4 nitrogen and oxygen atoms in total. The summed E-state index contributed by atoms with van der Waals surface area (Å²) in [6.45, 7) is 2.06. The van der Waals surface area contributed by atoms with Crippen molar-refractivity contribution in [2.45, 2.75) is 6.92 Å².